The highest BCUT2D eigenvalue weighted by Gasteiger charge is 1.98. The van der Waals surface area contributed by atoms with Gasteiger partial charge in [-0.2, -0.15) is 0 Å². The number of nitrogens with zero attached hydrogens (tertiary/aromatic N) is 2. The van der Waals surface area contributed by atoms with Gasteiger partial charge in [0.15, 0.2) is 0 Å². The Morgan fingerprint density at radius 2 is 1.62 bits per heavy atom. The Balaban J connectivity index is 1.95. The first kappa shape index (κ1) is 9.09. The summed E-state index contributed by atoms with van der Waals surface area (Å²) in [5.74, 6) is 0. The minimum Gasteiger partial charge on any atom is -0.355 e. The van der Waals surface area contributed by atoms with Crippen molar-refractivity contribution in [2.45, 2.75) is 0 Å². The molecule has 2 aromatic rings. The molecule has 3 heteroatoms. The third-order valence-corrected chi connectivity index (χ3v) is 2.52. The summed E-state index contributed by atoms with van der Waals surface area (Å²) in [6.45, 7) is 0.560. The first-order chi connectivity index (χ1) is 7.92. The molecule has 0 saturated heterocycles. The Morgan fingerprint density at radius 1 is 0.812 bits per heavy atom. The van der Waals surface area contributed by atoms with Gasteiger partial charge in [-0.1, -0.05) is 18.2 Å². The lowest BCUT2D eigenvalue weighted by atomic mass is 10.2. The van der Waals surface area contributed by atoms with Gasteiger partial charge in [0.2, 0.25) is 0 Å². The highest BCUT2D eigenvalue weighted by atomic mass is 15.0. The number of fused-ring (bicyclic) bond motifs is 1. The average molecular weight is 209 g/mol. The van der Waals surface area contributed by atoms with Crippen LogP contribution in [0.15, 0.2) is 58.5 Å². The maximum Gasteiger partial charge on any atom is 0.130 e. The van der Waals surface area contributed by atoms with Crippen LogP contribution in [0.25, 0.3) is 0 Å². The van der Waals surface area contributed by atoms with Crippen molar-refractivity contribution in [2.24, 2.45) is 9.98 Å². The van der Waals surface area contributed by atoms with Crippen LogP contribution in [-0.2, 0) is 0 Å². The molecule has 0 aromatic heterocycles. The number of hydrogen-bond acceptors (Lipinski definition) is 3. The molecule has 1 aliphatic rings. The van der Waals surface area contributed by atoms with Gasteiger partial charge in [0, 0.05) is 11.4 Å². The molecule has 1 heterocycles. The Bertz CT molecular complexity index is 617. The van der Waals surface area contributed by atoms with E-state index in [-0.39, 0.29) is 0 Å². The number of para-hydroxylation sites is 1. The van der Waals surface area contributed by atoms with Crippen molar-refractivity contribution >= 4 is 11.4 Å². The molecule has 0 spiro atoms. The second-order valence-electron chi connectivity index (χ2n) is 3.65. The fourth-order valence-corrected chi connectivity index (χ4v) is 1.74. The standard InChI is InChI=1S/C13H11N3/c1-2-4-10(5-3-1)16-11-6-7-12-13(8-11)15-9-14-12/h1-8,16H,9H2. The molecule has 3 rings (SSSR count). The van der Waals surface area contributed by atoms with Gasteiger partial charge < -0.3 is 5.32 Å². The van der Waals surface area contributed by atoms with Crippen molar-refractivity contribution in [3.63, 3.8) is 0 Å². The van der Waals surface area contributed by atoms with Gasteiger partial charge in [-0.05, 0) is 30.3 Å². The van der Waals surface area contributed by atoms with E-state index in [2.05, 4.69) is 15.3 Å². The minimum absolute atomic E-state index is 0.560. The maximum absolute atomic E-state index is 4.29. The smallest absolute Gasteiger partial charge is 0.130 e. The van der Waals surface area contributed by atoms with Gasteiger partial charge in [0.25, 0.3) is 0 Å². The molecule has 0 radical (unpaired) electrons. The van der Waals surface area contributed by atoms with E-state index in [9.17, 15) is 0 Å². The van der Waals surface area contributed by atoms with Crippen LogP contribution in [0.3, 0.4) is 0 Å². The van der Waals surface area contributed by atoms with Crippen LogP contribution in [0.4, 0.5) is 11.4 Å². The van der Waals surface area contributed by atoms with Gasteiger partial charge >= 0.3 is 0 Å². The molecule has 0 fully saturated rings. The van der Waals surface area contributed by atoms with Crippen molar-refractivity contribution in [2.75, 3.05) is 12.0 Å². The minimum atomic E-state index is 0.560. The SMILES string of the molecule is c1ccc(Nc2ccc3c(c2)=NCN=3)cc1. The van der Waals surface area contributed by atoms with Crippen molar-refractivity contribution in [3.8, 4) is 0 Å². The summed E-state index contributed by atoms with van der Waals surface area (Å²) in [4.78, 5) is 8.55. The predicted molar refractivity (Wildman–Crippen MR) is 63.3 cm³/mol. The van der Waals surface area contributed by atoms with Crippen molar-refractivity contribution < 1.29 is 0 Å². The molecule has 0 unspecified atom stereocenters. The van der Waals surface area contributed by atoms with Gasteiger partial charge in [-0.3, -0.25) is 9.98 Å². The quantitative estimate of drug-likeness (QED) is 0.802. The predicted octanol–water partition coefficient (Wildman–Crippen LogP) is 1.64. The van der Waals surface area contributed by atoms with E-state index >= 15 is 0 Å². The van der Waals surface area contributed by atoms with Crippen LogP contribution in [0.2, 0.25) is 0 Å². The summed E-state index contributed by atoms with van der Waals surface area (Å²) < 4.78 is 0. The summed E-state index contributed by atoms with van der Waals surface area (Å²) >= 11 is 0. The molecule has 0 bridgehead atoms. The molecule has 1 N–H and O–H groups in total. The van der Waals surface area contributed by atoms with Crippen LogP contribution < -0.4 is 16.0 Å². The van der Waals surface area contributed by atoms with Crippen molar-refractivity contribution in [3.05, 3.63) is 59.2 Å². The Morgan fingerprint density at radius 3 is 2.50 bits per heavy atom. The molecule has 1 aliphatic heterocycles. The number of benzene rings is 2. The second kappa shape index (κ2) is 3.77. The third-order valence-electron chi connectivity index (χ3n) is 2.52. The van der Waals surface area contributed by atoms with E-state index in [1.54, 1.807) is 0 Å². The fourth-order valence-electron chi connectivity index (χ4n) is 1.74. The second-order valence-corrected chi connectivity index (χ2v) is 3.65. The van der Waals surface area contributed by atoms with Gasteiger partial charge in [0.05, 0.1) is 10.7 Å². The molecule has 3 nitrogen and oxygen atoms in total. The lowest BCUT2D eigenvalue weighted by molar-refractivity contribution is 1.06. The van der Waals surface area contributed by atoms with Crippen LogP contribution in [0, 0.1) is 0 Å². The van der Waals surface area contributed by atoms with E-state index in [4.69, 9.17) is 0 Å². The molecule has 0 atom stereocenters. The van der Waals surface area contributed by atoms with E-state index in [0.717, 1.165) is 22.1 Å². The Labute approximate surface area is 93.2 Å². The van der Waals surface area contributed by atoms with Gasteiger partial charge in [-0.25, -0.2) is 0 Å². The zero-order valence-corrected chi connectivity index (χ0v) is 8.72. The van der Waals surface area contributed by atoms with Crippen molar-refractivity contribution in [1.29, 1.82) is 0 Å². The molecular formula is C13H11N3. The number of nitrogens with one attached hydrogen (secondary N) is 1. The summed E-state index contributed by atoms with van der Waals surface area (Å²) in [5, 5.41) is 5.29. The number of hydrogen-bond donors (Lipinski definition) is 1. The largest absolute Gasteiger partial charge is 0.355 e. The summed E-state index contributed by atoms with van der Waals surface area (Å²) in [7, 11) is 0. The lowest BCUT2D eigenvalue weighted by Crippen LogP contribution is -2.21. The fraction of sp³-hybridized carbons (Fsp3) is 0.0769. The monoisotopic (exact) mass is 209 g/mol. The molecule has 0 amide bonds. The van der Waals surface area contributed by atoms with Gasteiger partial charge in [-0.15, -0.1) is 0 Å². The van der Waals surface area contributed by atoms with Crippen LogP contribution in [0.1, 0.15) is 0 Å². The highest BCUT2D eigenvalue weighted by molar-refractivity contribution is 5.58. The molecule has 0 aliphatic carbocycles. The maximum atomic E-state index is 4.29. The molecule has 2 aromatic carbocycles. The van der Waals surface area contributed by atoms with Crippen molar-refractivity contribution in [1.82, 2.24) is 0 Å². The lowest BCUT2D eigenvalue weighted by Gasteiger charge is -2.04. The van der Waals surface area contributed by atoms with Gasteiger partial charge in [0.1, 0.15) is 6.67 Å². The third kappa shape index (κ3) is 1.67. The van der Waals surface area contributed by atoms with Crippen LogP contribution >= 0.6 is 0 Å². The van der Waals surface area contributed by atoms with E-state index in [0.29, 0.717) is 6.67 Å². The molecule has 78 valence electrons. The van der Waals surface area contributed by atoms with E-state index < -0.39 is 0 Å². The molecule has 16 heavy (non-hydrogen) atoms. The Kier molecular flexibility index (Phi) is 2.14. The Hall–Kier alpha value is -2.16. The number of anilines is 2. The van der Waals surface area contributed by atoms with E-state index in [1.165, 1.54) is 0 Å². The van der Waals surface area contributed by atoms with Crippen LogP contribution in [-0.4, -0.2) is 6.67 Å². The summed E-state index contributed by atoms with van der Waals surface area (Å²) in [6, 6.07) is 16.1. The first-order valence-electron chi connectivity index (χ1n) is 5.23. The molecule has 0 saturated carbocycles. The number of rotatable bonds is 2. The normalized spacial score (nSPS) is 12.5. The van der Waals surface area contributed by atoms with E-state index in [1.807, 2.05) is 48.5 Å². The molecular weight excluding hydrogens is 198 g/mol. The zero-order chi connectivity index (χ0) is 10.8. The first-order valence-corrected chi connectivity index (χ1v) is 5.23. The topological polar surface area (TPSA) is 36.8 Å². The summed E-state index contributed by atoms with van der Waals surface area (Å²) in [6.07, 6.45) is 0. The highest BCUT2D eigenvalue weighted by Crippen LogP contribution is 2.12. The summed E-state index contributed by atoms with van der Waals surface area (Å²) in [5.41, 5.74) is 2.13. The van der Waals surface area contributed by atoms with Crippen LogP contribution in [0.5, 0.6) is 0 Å². The average Bonchev–Trinajstić information content (AvgIpc) is 2.77. The zero-order valence-electron chi connectivity index (χ0n) is 8.72.